The average Bonchev–Trinajstić information content (AvgIpc) is 2.16. The number of ether oxygens (including phenoxy) is 1. The summed E-state index contributed by atoms with van der Waals surface area (Å²) in [5.41, 5.74) is 0. The van der Waals surface area contributed by atoms with Gasteiger partial charge in [0.15, 0.2) is 0 Å². The van der Waals surface area contributed by atoms with E-state index in [1.54, 1.807) is 0 Å². The highest BCUT2D eigenvalue weighted by Crippen LogP contribution is 2.35. The van der Waals surface area contributed by atoms with Gasteiger partial charge in [0, 0.05) is 0 Å². The Hall–Kier alpha value is -0.570. The third-order valence-electron chi connectivity index (χ3n) is 3.57. The molecule has 1 saturated carbocycles. The van der Waals surface area contributed by atoms with E-state index >= 15 is 0 Å². The summed E-state index contributed by atoms with van der Waals surface area (Å²) in [6.45, 7) is 7.99. The fourth-order valence-corrected chi connectivity index (χ4v) is 2.50. The summed E-state index contributed by atoms with van der Waals surface area (Å²) in [6, 6.07) is 0. The van der Waals surface area contributed by atoms with E-state index in [1.807, 2.05) is 0 Å². The number of aliphatic hydroxyl groups excluding tert-OH is 1. The molecule has 4 atom stereocenters. The van der Waals surface area contributed by atoms with Gasteiger partial charge in [0.2, 0.25) is 0 Å². The monoisotopic (exact) mass is 228 g/mol. The lowest BCUT2D eigenvalue weighted by Crippen LogP contribution is -2.37. The van der Waals surface area contributed by atoms with Gasteiger partial charge in [-0.2, -0.15) is 0 Å². The zero-order chi connectivity index (χ0) is 12.3. The van der Waals surface area contributed by atoms with Gasteiger partial charge in [-0.3, -0.25) is 0 Å². The molecule has 0 amide bonds. The minimum Gasteiger partial charge on any atom is -0.460 e. The van der Waals surface area contributed by atoms with Gasteiger partial charge in [0.05, 0.1) is 0 Å². The van der Waals surface area contributed by atoms with Crippen molar-refractivity contribution in [2.45, 2.75) is 59.2 Å². The van der Waals surface area contributed by atoms with Crippen molar-refractivity contribution in [1.29, 1.82) is 0 Å². The molecule has 94 valence electrons. The quantitative estimate of drug-likeness (QED) is 0.754. The molecule has 0 saturated heterocycles. The van der Waals surface area contributed by atoms with Crippen LogP contribution in [0, 0.1) is 17.8 Å². The van der Waals surface area contributed by atoms with Gasteiger partial charge in [-0.25, -0.2) is 4.79 Å². The van der Waals surface area contributed by atoms with Crippen LogP contribution < -0.4 is 0 Å². The van der Waals surface area contributed by atoms with Gasteiger partial charge in [-0.15, -0.1) is 0 Å². The maximum Gasteiger partial charge on any atom is 0.334 e. The minimum atomic E-state index is -1.01. The maximum absolute atomic E-state index is 11.4. The molecule has 1 aliphatic rings. The van der Waals surface area contributed by atoms with Crippen molar-refractivity contribution in [2.75, 3.05) is 0 Å². The van der Waals surface area contributed by atoms with Crippen LogP contribution in [0.1, 0.15) is 47.0 Å². The van der Waals surface area contributed by atoms with E-state index in [-0.39, 0.29) is 6.10 Å². The Bertz CT molecular complexity index is 235. The third-order valence-corrected chi connectivity index (χ3v) is 3.57. The Morgan fingerprint density at radius 1 is 1.31 bits per heavy atom. The zero-order valence-electron chi connectivity index (χ0n) is 10.8. The summed E-state index contributed by atoms with van der Waals surface area (Å²) in [5, 5.41) is 9.17. The van der Waals surface area contributed by atoms with Crippen LogP contribution in [0.2, 0.25) is 0 Å². The molecule has 0 aliphatic heterocycles. The summed E-state index contributed by atoms with van der Waals surface area (Å²) in [7, 11) is 0. The lowest BCUT2D eigenvalue weighted by molar-refractivity contribution is -0.164. The molecule has 0 spiro atoms. The van der Waals surface area contributed by atoms with Crippen LogP contribution in [0.25, 0.3) is 0 Å². The van der Waals surface area contributed by atoms with E-state index in [2.05, 4.69) is 20.8 Å². The first-order valence-electron chi connectivity index (χ1n) is 6.30. The molecule has 1 fully saturated rings. The maximum atomic E-state index is 11.4. The number of aliphatic hydroxyl groups is 1. The molecule has 0 radical (unpaired) electrons. The van der Waals surface area contributed by atoms with Crippen molar-refractivity contribution >= 4 is 5.97 Å². The first-order valence-corrected chi connectivity index (χ1v) is 6.30. The van der Waals surface area contributed by atoms with Crippen LogP contribution in [-0.4, -0.2) is 23.3 Å². The van der Waals surface area contributed by atoms with Crippen LogP contribution in [-0.2, 0) is 9.53 Å². The van der Waals surface area contributed by atoms with Crippen molar-refractivity contribution in [2.24, 2.45) is 17.8 Å². The molecule has 1 aliphatic carbocycles. The fraction of sp³-hybridized carbons (Fsp3) is 0.923. The van der Waals surface area contributed by atoms with Gasteiger partial charge in [-0.05, 0) is 37.5 Å². The van der Waals surface area contributed by atoms with Gasteiger partial charge >= 0.3 is 5.97 Å². The second-order valence-corrected chi connectivity index (χ2v) is 5.48. The Morgan fingerprint density at radius 3 is 2.44 bits per heavy atom. The minimum absolute atomic E-state index is 0.00847. The molecular weight excluding hydrogens is 204 g/mol. The van der Waals surface area contributed by atoms with E-state index in [9.17, 15) is 4.79 Å². The lowest BCUT2D eigenvalue weighted by Gasteiger charge is -2.36. The molecule has 16 heavy (non-hydrogen) atoms. The molecule has 1 N–H and O–H groups in total. The van der Waals surface area contributed by atoms with Gasteiger partial charge in [0.1, 0.15) is 12.2 Å². The molecular formula is C13H24O3. The van der Waals surface area contributed by atoms with Crippen molar-refractivity contribution in [1.82, 2.24) is 0 Å². The standard InChI is InChI=1S/C13H24O3/c1-8(2)11-6-5-9(3)7-12(11)16-13(15)10(4)14/h8-12,14H,5-7H2,1-4H3/t9-,10-,11+,12+/m1/s1. The SMILES string of the molecule is CC(C)[C@@H]1CC[C@@H](C)C[C@@H]1OC(=O)[C@@H](C)O. The summed E-state index contributed by atoms with van der Waals surface area (Å²) in [6.07, 6.45) is 2.25. The van der Waals surface area contributed by atoms with E-state index in [0.717, 1.165) is 12.8 Å². The number of rotatable bonds is 3. The van der Waals surface area contributed by atoms with Crippen molar-refractivity contribution in [3.8, 4) is 0 Å². The van der Waals surface area contributed by atoms with E-state index in [1.165, 1.54) is 13.3 Å². The summed E-state index contributed by atoms with van der Waals surface area (Å²) in [5.74, 6) is 1.10. The predicted octanol–water partition coefficient (Wildman–Crippen LogP) is 2.37. The molecule has 3 heteroatoms. The second-order valence-electron chi connectivity index (χ2n) is 5.48. The zero-order valence-corrected chi connectivity index (χ0v) is 10.8. The number of carbonyl (C=O) groups excluding carboxylic acids is 1. The summed E-state index contributed by atoms with van der Waals surface area (Å²) in [4.78, 5) is 11.4. The van der Waals surface area contributed by atoms with Gasteiger partial charge < -0.3 is 9.84 Å². The number of carbonyl (C=O) groups is 1. The van der Waals surface area contributed by atoms with Gasteiger partial charge in [-0.1, -0.05) is 27.2 Å². The molecule has 1 rings (SSSR count). The number of esters is 1. The second kappa shape index (κ2) is 5.67. The molecule has 3 nitrogen and oxygen atoms in total. The lowest BCUT2D eigenvalue weighted by atomic mass is 9.75. The largest absolute Gasteiger partial charge is 0.460 e. The van der Waals surface area contributed by atoms with E-state index < -0.39 is 12.1 Å². The number of hydrogen-bond donors (Lipinski definition) is 1. The van der Waals surface area contributed by atoms with Crippen LogP contribution in [0.5, 0.6) is 0 Å². The van der Waals surface area contributed by atoms with Crippen molar-refractivity contribution in [3.05, 3.63) is 0 Å². The predicted molar refractivity (Wildman–Crippen MR) is 62.9 cm³/mol. The van der Waals surface area contributed by atoms with Crippen LogP contribution >= 0.6 is 0 Å². The summed E-state index contributed by atoms with van der Waals surface area (Å²) >= 11 is 0. The third kappa shape index (κ3) is 3.48. The topological polar surface area (TPSA) is 46.5 Å². The molecule has 0 aromatic heterocycles. The highest BCUT2D eigenvalue weighted by atomic mass is 16.6. The fourth-order valence-electron chi connectivity index (χ4n) is 2.50. The summed E-state index contributed by atoms with van der Waals surface area (Å²) < 4.78 is 5.41. The van der Waals surface area contributed by atoms with Gasteiger partial charge in [0.25, 0.3) is 0 Å². The first-order chi connectivity index (χ1) is 7.41. The Morgan fingerprint density at radius 2 is 1.94 bits per heavy atom. The van der Waals surface area contributed by atoms with Crippen molar-refractivity contribution in [3.63, 3.8) is 0 Å². The van der Waals surface area contributed by atoms with Crippen LogP contribution in [0.4, 0.5) is 0 Å². The highest BCUT2D eigenvalue weighted by molar-refractivity contribution is 5.74. The molecule has 0 aromatic rings. The highest BCUT2D eigenvalue weighted by Gasteiger charge is 2.33. The van der Waals surface area contributed by atoms with Crippen LogP contribution in [0.3, 0.4) is 0 Å². The average molecular weight is 228 g/mol. The molecule has 0 bridgehead atoms. The molecule has 0 heterocycles. The van der Waals surface area contributed by atoms with E-state index in [0.29, 0.717) is 17.8 Å². The van der Waals surface area contributed by atoms with Crippen molar-refractivity contribution < 1.29 is 14.6 Å². The Labute approximate surface area is 98.2 Å². The van der Waals surface area contributed by atoms with Crippen LogP contribution in [0.15, 0.2) is 0 Å². The molecule has 0 aromatic carbocycles. The Kier molecular flexibility index (Phi) is 4.78. The Balaban J connectivity index is 2.61. The smallest absolute Gasteiger partial charge is 0.334 e. The number of hydrogen-bond acceptors (Lipinski definition) is 3. The molecule has 0 unspecified atom stereocenters. The van der Waals surface area contributed by atoms with E-state index in [4.69, 9.17) is 9.84 Å². The normalized spacial score (nSPS) is 32.5. The first kappa shape index (κ1) is 13.5.